The fourth-order valence-corrected chi connectivity index (χ4v) is 3.20. The summed E-state index contributed by atoms with van der Waals surface area (Å²) in [4.78, 5) is 3.70. The minimum atomic E-state index is 0.411. The second kappa shape index (κ2) is 5.77. The van der Waals surface area contributed by atoms with Crippen LogP contribution in [0, 0.1) is 6.57 Å². The van der Waals surface area contributed by atoms with Gasteiger partial charge in [-0.15, -0.1) is 0 Å². The SMILES string of the molecule is [C-]#[N+]c1cc2c(c(CN)c1-c1ccccc1Cl)CCCN2. The number of nitrogens with zero attached hydrogens (tertiary/aromatic N) is 1. The number of nitrogens with one attached hydrogen (secondary N) is 1. The lowest BCUT2D eigenvalue weighted by atomic mass is 9.89. The Morgan fingerprint density at radius 1 is 1.33 bits per heavy atom. The molecule has 0 spiro atoms. The predicted octanol–water partition coefficient (Wildman–Crippen LogP) is 4.37. The van der Waals surface area contributed by atoms with Crippen molar-refractivity contribution in [3.05, 3.63) is 57.9 Å². The van der Waals surface area contributed by atoms with Crippen molar-refractivity contribution in [1.82, 2.24) is 0 Å². The summed E-state index contributed by atoms with van der Waals surface area (Å²) in [6.07, 6.45) is 2.07. The maximum Gasteiger partial charge on any atom is 0.197 e. The Bertz CT molecular complexity index is 732. The van der Waals surface area contributed by atoms with E-state index in [1.807, 2.05) is 30.3 Å². The molecule has 0 unspecified atom stereocenters. The van der Waals surface area contributed by atoms with Crippen molar-refractivity contribution in [2.45, 2.75) is 19.4 Å². The summed E-state index contributed by atoms with van der Waals surface area (Å²) in [6.45, 7) is 8.86. The van der Waals surface area contributed by atoms with Crippen molar-refractivity contribution in [1.29, 1.82) is 0 Å². The summed E-state index contributed by atoms with van der Waals surface area (Å²) in [6, 6.07) is 9.56. The van der Waals surface area contributed by atoms with Gasteiger partial charge in [0.1, 0.15) is 0 Å². The molecular formula is C17H16ClN3. The van der Waals surface area contributed by atoms with Crippen LogP contribution in [0.15, 0.2) is 30.3 Å². The van der Waals surface area contributed by atoms with Crippen LogP contribution in [0.5, 0.6) is 0 Å². The molecule has 4 heteroatoms. The van der Waals surface area contributed by atoms with E-state index in [2.05, 4.69) is 10.2 Å². The minimum Gasteiger partial charge on any atom is -0.386 e. The average molecular weight is 298 g/mol. The molecule has 0 atom stereocenters. The van der Waals surface area contributed by atoms with Crippen LogP contribution in [-0.2, 0) is 13.0 Å². The molecular weight excluding hydrogens is 282 g/mol. The molecule has 3 nitrogen and oxygen atoms in total. The van der Waals surface area contributed by atoms with Crippen molar-refractivity contribution in [3.63, 3.8) is 0 Å². The van der Waals surface area contributed by atoms with Crippen molar-refractivity contribution >= 4 is 23.0 Å². The quantitative estimate of drug-likeness (QED) is 0.808. The summed E-state index contributed by atoms with van der Waals surface area (Å²) in [5, 5.41) is 4.03. The van der Waals surface area contributed by atoms with Crippen molar-refractivity contribution in [2.75, 3.05) is 11.9 Å². The fraction of sp³-hybridized carbons (Fsp3) is 0.235. The van der Waals surface area contributed by atoms with Crippen molar-refractivity contribution < 1.29 is 0 Å². The first-order chi connectivity index (χ1) is 10.3. The topological polar surface area (TPSA) is 42.4 Å². The lowest BCUT2D eigenvalue weighted by Gasteiger charge is -2.24. The Kier molecular flexibility index (Phi) is 3.83. The molecule has 1 aliphatic rings. The van der Waals surface area contributed by atoms with Crippen LogP contribution in [0.1, 0.15) is 17.5 Å². The third-order valence-corrected chi connectivity index (χ3v) is 4.24. The molecule has 0 saturated carbocycles. The van der Waals surface area contributed by atoms with Crippen LogP contribution in [0.2, 0.25) is 5.02 Å². The smallest absolute Gasteiger partial charge is 0.197 e. The summed E-state index contributed by atoms with van der Waals surface area (Å²) in [5.41, 5.74) is 11.7. The van der Waals surface area contributed by atoms with Crippen molar-refractivity contribution in [2.24, 2.45) is 5.73 Å². The van der Waals surface area contributed by atoms with E-state index in [0.29, 0.717) is 17.3 Å². The zero-order valence-electron chi connectivity index (χ0n) is 11.6. The molecule has 3 N–H and O–H groups in total. The van der Waals surface area contributed by atoms with Gasteiger partial charge in [-0.2, -0.15) is 0 Å². The average Bonchev–Trinajstić information content (AvgIpc) is 2.53. The molecule has 0 saturated heterocycles. The lowest BCUT2D eigenvalue weighted by molar-refractivity contribution is 0.815. The minimum absolute atomic E-state index is 0.411. The fourth-order valence-electron chi connectivity index (χ4n) is 2.97. The lowest BCUT2D eigenvalue weighted by Crippen LogP contribution is -2.16. The standard InChI is InChI=1S/C17H16ClN3/c1-20-16-9-15-11(6-4-8-21-15)13(10-19)17(16)12-5-2-3-7-14(12)18/h2-3,5,7,9,21H,4,6,8,10,19H2. The number of halogens is 1. The summed E-state index contributed by atoms with van der Waals surface area (Å²) in [7, 11) is 0. The van der Waals surface area contributed by atoms with Gasteiger partial charge >= 0.3 is 0 Å². The predicted molar refractivity (Wildman–Crippen MR) is 87.9 cm³/mol. The highest BCUT2D eigenvalue weighted by Crippen LogP contribution is 2.43. The van der Waals surface area contributed by atoms with Crippen LogP contribution in [0.3, 0.4) is 0 Å². The van der Waals surface area contributed by atoms with Gasteiger partial charge in [0.2, 0.25) is 0 Å². The molecule has 0 fully saturated rings. The molecule has 0 aliphatic carbocycles. The zero-order chi connectivity index (χ0) is 14.8. The maximum atomic E-state index is 7.51. The van der Waals surface area contributed by atoms with Crippen LogP contribution in [0.4, 0.5) is 11.4 Å². The monoisotopic (exact) mass is 297 g/mol. The third-order valence-electron chi connectivity index (χ3n) is 3.92. The second-order valence-corrected chi connectivity index (χ2v) is 5.51. The molecule has 2 aromatic rings. The van der Waals surface area contributed by atoms with Gasteiger partial charge in [0.25, 0.3) is 0 Å². The van der Waals surface area contributed by atoms with Gasteiger partial charge in [-0.3, -0.25) is 0 Å². The highest BCUT2D eigenvalue weighted by Gasteiger charge is 2.21. The van der Waals surface area contributed by atoms with Crippen molar-refractivity contribution in [3.8, 4) is 11.1 Å². The summed E-state index contributed by atoms with van der Waals surface area (Å²) >= 11 is 6.34. The van der Waals surface area contributed by atoms with E-state index in [1.54, 1.807) is 0 Å². The number of benzene rings is 2. The van der Waals surface area contributed by atoms with Gasteiger partial charge in [-0.25, -0.2) is 4.85 Å². The molecule has 106 valence electrons. The molecule has 0 bridgehead atoms. The van der Waals surface area contributed by atoms with E-state index in [4.69, 9.17) is 23.9 Å². The Hall–Kier alpha value is -2.02. The number of hydrogen-bond donors (Lipinski definition) is 2. The molecule has 3 rings (SSSR count). The second-order valence-electron chi connectivity index (χ2n) is 5.10. The first kappa shape index (κ1) is 13.9. The Labute approximate surface area is 129 Å². The first-order valence-corrected chi connectivity index (χ1v) is 7.39. The van der Waals surface area contributed by atoms with Gasteiger partial charge in [-0.05, 0) is 47.2 Å². The number of hydrogen-bond acceptors (Lipinski definition) is 2. The van der Waals surface area contributed by atoms with Crippen LogP contribution < -0.4 is 11.1 Å². The van der Waals surface area contributed by atoms with Crippen LogP contribution in [0.25, 0.3) is 16.0 Å². The molecule has 0 aromatic heterocycles. The highest BCUT2D eigenvalue weighted by atomic mass is 35.5. The molecule has 21 heavy (non-hydrogen) atoms. The largest absolute Gasteiger partial charge is 0.386 e. The molecule has 2 aromatic carbocycles. The van der Waals surface area contributed by atoms with Gasteiger partial charge in [-0.1, -0.05) is 29.8 Å². The van der Waals surface area contributed by atoms with Gasteiger partial charge in [0.05, 0.1) is 6.57 Å². The van der Waals surface area contributed by atoms with E-state index >= 15 is 0 Å². The van der Waals surface area contributed by atoms with E-state index in [-0.39, 0.29) is 0 Å². The molecule has 1 heterocycles. The number of fused-ring (bicyclic) bond motifs is 1. The molecule has 0 amide bonds. The number of rotatable bonds is 2. The third kappa shape index (κ3) is 2.37. The zero-order valence-corrected chi connectivity index (χ0v) is 12.4. The Morgan fingerprint density at radius 2 is 2.14 bits per heavy atom. The van der Waals surface area contributed by atoms with E-state index in [9.17, 15) is 0 Å². The van der Waals surface area contributed by atoms with Crippen LogP contribution >= 0.6 is 11.6 Å². The van der Waals surface area contributed by atoms with Gasteiger partial charge in [0.15, 0.2) is 5.69 Å². The van der Waals surface area contributed by atoms with Gasteiger partial charge in [0, 0.05) is 23.8 Å². The normalized spacial score (nSPS) is 13.2. The molecule has 1 aliphatic heterocycles. The molecule has 0 radical (unpaired) electrons. The first-order valence-electron chi connectivity index (χ1n) is 7.01. The van der Waals surface area contributed by atoms with Crippen LogP contribution in [-0.4, -0.2) is 6.54 Å². The van der Waals surface area contributed by atoms with Gasteiger partial charge < -0.3 is 11.1 Å². The Balaban J connectivity index is 2.33. The number of nitrogens with two attached hydrogens (primary N) is 1. The van der Waals surface area contributed by atoms with E-state index in [0.717, 1.165) is 41.8 Å². The number of anilines is 1. The Morgan fingerprint density at radius 3 is 2.86 bits per heavy atom. The summed E-state index contributed by atoms with van der Waals surface area (Å²) in [5.74, 6) is 0. The summed E-state index contributed by atoms with van der Waals surface area (Å²) < 4.78 is 0. The van der Waals surface area contributed by atoms with E-state index < -0.39 is 0 Å². The van der Waals surface area contributed by atoms with E-state index in [1.165, 1.54) is 5.56 Å². The maximum absolute atomic E-state index is 7.51. The highest BCUT2D eigenvalue weighted by molar-refractivity contribution is 6.33.